The van der Waals surface area contributed by atoms with Crippen LogP contribution in [0.3, 0.4) is 0 Å². The standard InChI is InChI=1S/C11H15ClN2O/c1-15-10-8(4-5-9(12)14-10)11(13)6-2-3-7-11/h4-5H,2-3,6-7,13H2,1H3. The Balaban J connectivity index is 2.42. The minimum absolute atomic E-state index is 0.275. The summed E-state index contributed by atoms with van der Waals surface area (Å²) in [5.74, 6) is 0.562. The molecular weight excluding hydrogens is 212 g/mol. The third kappa shape index (κ3) is 1.94. The third-order valence-corrected chi connectivity index (χ3v) is 3.26. The van der Waals surface area contributed by atoms with Crippen LogP contribution in [0.25, 0.3) is 0 Å². The van der Waals surface area contributed by atoms with Crippen LogP contribution in [0.15, 0.2) is 12.1 Å². The number of nitrogens with zero attached hydrogens (tertiary/aromatic N) is 1. The van der Waals surface area contributed by atoms with Gasteiger partial charge in [-0.1, -0.05) is 24.4 Å². The topological polar surface area (TPSA) is 48.1 Å². The largest absolute Gasteiger partial charge is 0.481 e. The Morgan fingerprint density at radius 1 is 1.40 bits per heavy atom. The van der Waals surface area contributed by atoms with Crippen molar-refractivity contribution in [1.82, 2.24) is 4.98 Å². The molecule has 0 atom stereocenters. The summed E-state index contributed by atoms with van der Waals surface area (Å²) in [4.78, 5) is 4.14. The molecule has 4 heteroatoms. The van der Waals surface area contributed by atoms with Crippen molar-refractivity contribution in [1.29, 1.82) is 0 Å². The number of halogens is 1. The van der Waals surface area contributed by atoms with Crippen molar-refractivity contribution in [3.63, 3.8) is 0 Å². The van der Waals surface area contributed by atoms with E-state index in [2.05, 4.69) is 4.98 Å². The molecule has 1 fully saturated rings. The fraction of sp³-hybridized carbons (Fsp3) is 0.545. The van der Waals surface area contributed by atoms with Gasteiger partial charge in [-0.05, 0) is 25.0 Å². The highest BCUT2D eigenvalue weighted by atomic mass is 35.5. The predicted molar refractivity (Wildman–Crippen MR) is 60.1 cm³/mol. The van der Waals surface area contributed by atoms with E-state index >= 15 is 0 Å². The van der Waals surface area contributed by atoms with Crippen LogP contribution in [-0.2, 0) is 5.54 Å². The molecule has 1 heterocycles. The fourth-order valence-corrected chi connectivity index (χ4v) is 2.37. The molecule has 0 spiro atoms. The summed E-state index contributed by atoms with van der Waals surface area (Å²) in [6, 6.07) is 3.70. The number of pyridine rings is 1. The Kier molecular flexibility index (Phi) is 2.85. The van der Waals surface area contributed by atoms with Gasteiger partial charge in [-0.3, -0.25) is 0 Å². The minimum atomic E-state index is -0.275. The van der Waals surface area contributed by atoms with E-state index in [-0.39, 0.29) is 5.54 Å². The van der Waals surface area contributed by atoms with Crippen molar-refractivity contribution < 1.29 is 4.74 Å². The summed E-state index contributed by atoms with van der Waals surface area (Å²) in [6.45, 7) is 0. The van der Waals surface area contributed by atoms with Gasteiger partial charge in [0.15, 0.2) is 0 Å². The normalized spacial score (nSPS) is 19.1. The zero-order valence-corrected chi connectivity index (χ0v) is 9.55. The van der Waals surface area contributed by atoms with E-state index in [1.54, 1.807) is 13.2 Å². The Labute approximate surface area is 94.6 Å². The van der Waals surface area contributed by atoms with Gasteiger partial charge in [-0.2, -0.15) is 0 Å². The van der Waals surface area contributed by atoms with E-state index in [0.29, 0.717) is 11.0 Å². The quantitative estimate of drug-likeness (QED) is 0.789. The molecule has 0 unspecified atom stereocenters. The van der Waals surface area contributed by atoms with Gasteiger partial charge in [0.2, 0.25) is 5.88 Å². The van der Waals surface area contributed by atoms with Crippen molar-refractivity contribution in [3.8, 4) is 5.88 Å². The van der Waals surface area contributed by atoms with Gasteiger partial charge in [0.25, 0.3) is 0 Å². The number of methoxy groups -OCH3 is 1. The van der Waals surface area contributed by atoms with E-state index in [9.17, 15) is 0 Å². The van der Waals surface area contributed by atoms with Crippen LogP contribution in [-0.4, -0.2) is 12.1 Å². The van der Waals surface area contributed by atoms with Crippen molar-refractivity contribution in [2.24, 2.45) is 5.73 Å². The Morgan fingerprint density at radius 3 is 2.67 bits per heavy atom. The lowest BCUT2D eigenvalue weighted by Gasteiger charge is -2.25. The van der Waals surface area contributed by atoms with Crippen LogP contribution in [0.1, 0.15) is 31.2 Å². The average Bonchev–Trinajstić information content (AvgIpc) is 2.66. The molecule has 1 aliphatic carbocycles. The molecule has 2 rings (SSSR count). The predicted octanol–water partition coefficient (Wildman–Crippen LogP) is 2.47. The maximum atomic E-state index is 6.34. The highest BCUT2D eigenvalue weighted by Crippen LogP contribution is 2.40. The molecule has 0 amide bonds. The van der Waals surface area contributed by atoms with E-state index in [1.807, 2.05) is 6.07 Å². The third-order valence-electron chi connectivity index (χ3n) is 3.05. The number of aromatic nitrogens is 1. The molecule has 0 bridgehead atoms. The van der Waals surface area contributed by atoms with E-state index in [0.717, 1.165) is 18.4 Å². The van der Waals surface area contributed by atoms with E-state index in [4.69, 9.17) is 22.1 Å². The molecule has 82 valence electrons. The first-order valence-corrected chi connectivity index (χ1v) is 5.53. The monoisotopic (exact) mass is 226 g/mol. The number of rotatable bonds is 2. The van der Waals surface area contributed by atoms with Gasteiger partial charge in [0.1, 0.15) is 5.15 Å². The van der Waals surface area contributed by atoms with Gasteiger partial charge < -0.3 is 10.5 Å². The molecular formula is C11H15ClN2O. The van der Waals surface area contributed by atoms with Gasteiger partial charge in [-0.25, -0.2) is 4.98 Å². The molecule has 0 aromatic carbocycles. The zero-order valence-electron chi connectivity index (χ0n) is 8.79. The van der Waals surface area contributed by atoms with E-state index < -0.39 is 0 Å². The molecule has 2 N–H and O–H groups in total. The van der Waals surface area contributed by atoms with Crippen molar-refractivity contribution in [2.75, 3.05) is 7.11 Å². The molecule has 1 aromatic rings. The molecule has 0 aliphatic heterocycles. The van der Waals surface area contributed by atoms with Gasteiger partial charge in [0, 0.05) is 11.1 Å². The van der Waals surface area contributed by atoms with Crippen molar-refractivity contribution in [2.45, 2.75) is 31.2 Å². The van der Waals surface area contributed by atoms with Gasteiger partial charge >= 0.3 is 0 Å². The van der Waals surface area contributed by atoms with Crippen LogP contribution in [0, 0.1) is 0 Å². The first-order valence-electron chi connectivity index (χ1n) is 5.16. The van der Waals surface area contributed by atoms with Crippen LogP contribution in [0.2, 0.25) is 5.15 Å². The van der Waals surface area contributed by atoms with Gasteiger partial charge in [-0.15, -0.1) is 0 Å². The Hall–Kier alpha value is -0.800. The Morgan fingerprint density at radius 2 is 2.07 bits per heavy atom. The number of ether oxygens (including phenoxy) is 1. The molecule has 1 aliphatic rings. The van der Waals surface area contributed by atoms with Gasteiger partial charge in [0.05, 0.1) is 7.11 Å². The molecule has 1 saturated carbocycles. The zero-order chi connectivity index (χ0) is 10.9. The lowest BCUT2D eigenvalue weighted by molar-refractivity contribution is 0.365. The molecule has 0 saturated heterocycles. The lowest BCUT2D eigenvalue weighted by Crippen LogP contribution is -2.33. The average molecular weight is 227 g/mol. The van der Waals surface area contributed by atoms with Crippen LogP contribution >= 0.6 is 11.6 Å². The summed E-state index contributed by atoms with van der Waals surface area (Å²) in [5.41, 5.74) is 7.05. The second kappa shape index (κ2) is 3.99. The van der Waals surface area contributed by atoms with Crippen molar-refractivity contribution >= 4 is 11.6 Å². The first kappa shape index (κ1) is 10.7. The molecule has 1 aromatic heterocycles. The Bertz CT molecular complexity index is 362. The van der Waals surface area contributed by atoms with Crippen LogP contribution in [0.4, 0.5) is 0 Å². The maximum Gasteiger partial charge on any atom is 0.219 e. The summed E-state index contributed by atoms with van der Waals surface area (Å²) in [7, 11) is 1.60. The number of hydrogen-bond donors (Lipinski definition) is 1. The summed E-state index contributed by atoms with van der Waals surface area (Å²) in [6.07, 6.45) is 4.32. The number of nitrogens with two attached hydrogens (primary N) is 1. The molecule has 3 nitrogen and oxygen atoms in total. The minimum Gasteiger partial charge on any atom is -0.481 e. The van der Waals surface area contributed by atoms with Crippen LogP contribution in [0.5, 0.6) is 5.88 Å². The summed E-state index contributed by atoms with van der Waals surface area (Å²) in [5, 5.41) is 0.442. The summed E-state index contributed by atoms with van der Waals surface area (Å²) >= 11 is 5.82. The second-order valence-corrected chi connectivity index (χ2v) is 4.44. The maximum absolute atomic E-state index is 6.34. The molecule has 0 radical (unpaired) electrons. The van der Waals surface area contributed by atoms with Crippen molar-refractivity contribution in [3.05, 3.63) is 22.8 Å². The summed E-state index contributed by atoms with van der Waals surface area (Å²) < 4.78 is 5.23. The fourth-order valence-electron chi connectivity index (χ4n) is 2.23. The van der Waals surface area contributed by atoms with Crippen LogP contribution < -0.4 is 10.5 Å². The number of hydrogen-bond acceptors (Lipinski definition) is 3. The highest BCUT2D eigenvalue weighted by molar-refractivity contribution is 6.29. The smallest absolute Gasteiger partial charge is 0.219 e. The first-order chi connectivity index (χ1) is 7.15. The highest BCUT2D eigenvalue weighted by Gasteiger charge is 2.34. The SMILES string of the molecule is COc1nc(Cl)ccc1C1(N)CCCC1. The molecule has 15 heavy (non-hydrogen) atoms. The second-order valence-electron chi connectivity index (χ2n) is 4.05. The van der Waals surface area contributed by atoms with E-state index in [1.165, 1.54) is 12.8 Å². The lowest BCUT2D eigenvalue weighted by atomic mass is 9.90.